The summed E-state index contributed by atoms with van der Waals surface area (Å²) in [6.45, 7) is 6.51. The fourth-order valence-electron chi connectivity index (χ4n) is 2.43. The lowest BCUT2D eigenvalue weighted by Crippen LogP contribution is -2.24. The van der Waals surface area contributed by atoms with Crippen LogP contribution in [0.1, 0.15) is 37.8 Å². The van der Waals surface area contributed by atoms with Crippen LogP contribution in [0.4, 0.5) is 5.69 Å². The molecular formula is C19H21N3O2S. The van der Waals surface area contributed by atoms with E-state index in [4.69, 9.17) is 21.7 Å². The minimum atomic E-state index is 0.261. The smallest absolute Gasteiger partial charge is 0.231 e. The molecule has 0 aliphatic carbocycles. The maximum atomic E-state index is 5.38. The van der Waals surface area contributed by atoms with E-state index in [1.807, 2.05) is 37.3 Å². The summed E-state index contributed by atoms with van der Waals surface area (Å²) in [4.78, 5) is 0. The van der Waals surface area contributed by atoms with Gasteiger partial charge in [0.15, 0.2) is 16.6 Å². The Balaban J connectivity index is 1.59. The van der Waals surface area contributed by atoms with E-state index < -0.39 is 0 Å². The predicted molar refractivity (Wildman–Crippen MR) is 105 cm³/mol. The van der Waals surface area contributed by atoms with Crippen molar-refractivity contribution < 1.29 is 9.47 Å². The van der Waals surface area contributed by atoms with E-state index in [1.165, 1.54) is 5.56 Å². The highest BCUT2D eigenvalue weighted by Crippen LogP contribution is 2.32. The van der Waals surface area contributed by atoms with Gasteiger partial charge in [0, 0.05) is 11.3 Å². The minimum Gasteiger partial charge on any atom is -0.454 e. The van der Waals surface area contributed by atoms with E-state index >= 15 is 0 Å². The number of rotatable bonds is 4. The van der Waals surface area contributed by atoms with Gasteiger partial charge in [-0.05, 0) is 61.0 Å². The monoisotopic (exact) mass is 355 g/mol. The second-order valence-electron chi connectivity index (χ2n) is 6.11. The number of hydrogen-bond acceptors (Lipinski definition) is 4. The zero-order chi connectivity index (χ0) is 17.8. The average molecular weight is 355 g/mol. The molecule has 0 saturated heterocycles. The molecule has 0 radical (unpaired) electrons. The van der Waals surface area contributed by atoms with Crippen molar-refractivity contribution in [1.29, 1.82) is 0 Å². The van der Waals surface area contributed by atoms with Gasteiger partial charge in [-0.1, -0.05) is 26.0 Å². The quantitative estimate of drug-likeness (QED) is 0.488. The first-order valence-electron chi connectivity index (χ1n) is 8.14. The van der Waals surface area contributed by atoms with E-state index in [-0.39, 0.29) is 6.79 Å². The van der Waals surface area contributed by atoms with Crippen molar-refractivity contribution in [3.05, 3.63) is 53.6 Å². The Morgan fingerprint density at radius 1 is 1.08 bits per heavy atom. The number of anilines is 1. The number of ether oxygens (including phenoxy) is 2. The summed E-state index contributed by atoms with van der Waals surface area (Å²) in [5.74, 6) is 2.00. The topological polar surface area (TPSA) is 54.9 Å². The van der Waals surface area contributed by atoms with E-state index in [0.717, 1.165) is 28.5 Å². The number of thiocarbonyl (C=S) groups is 1. The number of hydrazone groups is 1. The molecule has 0 spiro atoms. The van der Waals surface area contributed by atoms with Gasteiger partial charge >= 0.3 is 0 Å². The van der Waals surface area contributed by atoms with Crippen LogP contribution < -0.4 is 20.2 Å². The molecule has 0 atom stereocenters. The van der Waals surface area contributed by atoms with Crippen LogP contribution in [-0.2, 0) is 0 Å². The van der Waals surface area contributed by atoms with Crippen LogP contribution in [0.2, 0.25) is 0 Å². The standard InChI is InChI=1S/C19H21N3O2S/c1-12(2)14-4-7-16(8-5-14)20-19(25)22-21-13(3)15-6-9-17-18(10-15)24-11-23-17/h4-10,12H,11H2,1-3H3,(H2,20,22,25)/b21-13+. The Bertz CT molecular complexity index is 801. The van der Waals surface area contributed by atoms with Gasteiger partial charge in [-0.3, -0.25) is 5.43 Å². The van der Waals surface area contributed by atoms with Crippen molar-refractivity contribution >= 4 is 28.7 Å². The minimum absolute atomic E-state index is 0.261. The first-order chi connectivity index (χ1) is 12.0. The third-order valence-corrected chi connectivity index (χ3v) is 4.14. The van der Waals surface area contributed by atoms with Crippen molar-refractivity contribution in [1.82, 2.24) is 5.43 Å². The lowest BCUT2D eigenvalue weighted by atomic mass is 10.0. The number of hydrogen-bond donors (Lipinski definition) is 2. The van der Waals surface area contributed by atoms with Crippen LogP contribution in [0.15, 0.2) is 47.6 Å². The summed E-state index contributed by atoms with van der Waals surface area (Å²) < 4.78 is 10.7. The zero-order valence-corrected chi connectivity index (χ0v) is 15.3. The Hall–Kier alpha value is -2.60. The van der Waals surface area contributed by atoms with Gasteiger partial charge in [-0.15, -0.1) is 0 Å². The summed E-state index contributed by atoms with van der Waals surface area (Å²) in [6.07, 6.45) is 0. The van der Waals surface area contributed by atoms with Crippen molar-refractivity contribution in [2.75, 3.05) is 12.1 Å². The fourth-order valence-corrected chi connectivity index (χ4v) is 2.59. The number of nitrogens with zero attached hydrogens (tertiary/aromatic N) is 1. The first kappa shape index (κ1) is 17.2. The predicted octanol–water partition coefficient (Wildman–Crippen LogP) is 4.25. The van der Waals surface area contributed by atoms with Crippen LogP contribution in [-0.4, -0.2) is 17.6 Å². The number of nitrogens with one attached hydrogen (secondary N) is 2. The Kier molecular flexibility index (Phi) is 5.19. The van der Waals surface area contributed by atoms with Gasteiger partial charge in [-0.25, -0.2) is 0 Å². The summed E-state index contributed by atoms with van der Waals surface area (Å²) in [7, 11) is 0. The maximum Gasteiger partial charge on any atom is 0.231 e. The molecular weight excluding hydrogens is 334 g/mol. The van der Waals surface area contributed by atoms with E-state index in [0.29, 0.717) is 11.0 Å². The Labute approximate surface area is 153 Å². The van der Waals surface area contributed by atoms with Crippen LogP contribution in [0.3, 0.4) is 0 Å². The molecule has 1 heterocycles. The molecule has 5 nitrogen and oxygen atoms in total. The van der Waals surface area contributed by atoms with Gasteiger partial charge in [0.1, 0.15) is 0 Å². The molecule has 0 amide bonds. The molecule has 2 aromatic rings. The SMILES string of the molecule is C/C(=N\NC(=S)Nc1ccc(C(C)C)cc1)c1ccc2c(c1)OCO2. The number of benzene rings is 2. The third-order valence-electron chi connectivity index (χ3n) is 3.95. The fraction of sp³-hybridized carbons (Fsp3) is 0.263. The molecule has 0 saturated carbocycles. The molecule has 0 aromatic heterocycles. The largest absolute Gasteiger partial charge is 0.454 e. The van der Waals surface area contributed by atoms with Crippen molar-refractivity contribution in [2.24, 2.45) is 5.10 Å². The second kappa shape index (κ2) is 7.53. The molecule has 1 aliphatic rings. The lowest BCUT2D eigenvalue weighted by Gasteiger charge is -2.10. The van der Waals surface area contributed by atoms with Gasteiger partial charge < -0.3 is 14.8 Å². The molecule has 0 unspecified atom stereocenters. The highest BCUT2D eigenvalue weighted by atomic mass is 32.1. The average Bonchev–Trinajstić information content (AvgIpc) is 3.07. The van der Waals surface area contributed by atoms with Gasteiger partial charge in [0.2, 0.25) is 6.79 Å². The van der Waals surface area contributed by atoms with E-state index in [2.05, 4.69) is 41.8 Å². The summed E-state index contributed by atoms with van der Waals surface area (Å²) in [5, 5.41) is 7.90. The van der Waals surface area contributed by atoms with E-state index in [1.54, 1.807) is 0 Å². The van der Waals surface area contributed by atoms with Gasteiger partial charge in [0.05, 0.1) is 5.71 Å². The van der Waals surface area contributed by atoms with Crippen LogP contribution in [0.5, 0.6) is 11.5 Å². The van der Waals surface area contributed by atoms with Crippen molar-refractivity contribution in [2.45, 2.75) is 26.7 Å². The summed E-state index contributed by atoms with van der Waals surface area (Å²) >= 11 is 5.29. The lowest BCUT2D eigenvalue weighted by molar-refractivity contribution is 0.174. The van der Waals surface area contributed by atoms with Crippen LogP contribution >= 0.6 is 12.2 Å². The maximum absolute atomic E-state index is 5.38. The Morgan fingerprint density at radius 3 is 2.52 bits per heavy atom. The highest BCUT2D eigenvalue weighted by molar-refractivity contribution is 7.80. The molecule has 6 heteroatoms. The molecule has 25 heavy (non-hydrogen) atoms. The van der Waals surface area contributed by atoms with Gasteiger partial charge in [0.25, 0.3) is 0 Å². The first-order valence-corrected chi connectivity index (χ1v) is 8.55. The molecule has 130 valence electrons. The highest BCUT2D eigenvalue weighted by Gasteiger charge is 2.14. The summed E-state index contributed by atoms with van der Waals surface area (Å²) in [6, 6.07) is 13.9. The molecule has 0 bridgehead atoms. The van der Waals surface area contributed by atoms with E-state index in [9.17, 15) is 0 Å². The molecule has 3 rings (SSSR count). The van der Waals surface area contributed by atoms with Crippen molar-refractivity contribution in [3.63, 3.8) is 0 Å². The van der Waals surface area contributed by atoms with Crippen LogP contribution in [0, 0.1) is 0 Å². The second-order valence-corrected chi connectivity index (χ2v) is 6.52. The molecule has 0 fully saturated rings. The normalized spacial score (nSPS) is 13.0. The van der Waals surface area contributed by atoms with Crippen LogP contribution in [0.25, 0.3) is 0 Å². The third kappa shape index (κ3) is 4.28. The zero-order valence-electron chi connectivity index (χ0n) is 14.5. The number of fused-ring (bicyclic) bond motifs is 1. The van der Waals surface area contributed by atoms with Gasteiger partial charge in [-0.2, -0.15) is 5.10 Å². The van der Waals surface area contributed by atoms with Crippen molar-refractivity contribution in [3.8, 4) is 11.5 Å². The molecule has 2 N–H and O–H groups in total. The molecule has 2 aromatic carbocycles. The Morgan fingerprint density at radius 2 is 1.80 bits per heavy atom. The summed E-state index contributed by atoms with van der Waals surface area (Å²) in [5.41, 5.74) is 6.84. The molecule has 1 aliphatic heterocycles.